The predicted molar refractivity (Wildman–Crippen MR) is 57.6 cm³/mol. The molecule has 0 fully saturated rings. The van der Waals surface area contributed by atoms with Crippen molar-refractivity contribution in [1.29, 1.82) is 0 Å². The van der Waals surface area contributed by atoms with E-state index in [-0.39, 0.29) is 11.8 Å². The fraction of sp³-hybridized carbons (Fsp3) is 0.400. The summed E-state index contributed by atoms with van der Waals surface area (Å²) < 4.78 is 13.7. The minimum Gasteiger partial charge on any atom is -0.505 e. The lowest BCUT2D eigenvalue weighted by Crippen LogP contribution is -2.11. The van der Waals surface area contributed by atoms with Crippen molar-refractivity contribution in [2.24, 2.45) is 5.73 Å². The van der Waals surface area contributed by atoms with Crippen molar-refractivity contribution in [2.75, 3.05) is 0 Å². The molecule has 0 radical (unpaired) electrons. The average Bonchev–Trinajstić information content (AvgIpc) is 2.13. The largest absolute Gasteiger partial charge is 0.505 e. The van der Waals surface area contributed by atoms with Gasteiger partial charge in [0.2, 0.25) is 0 Å². The highest BCUT2D eigenvalue weighted by molar-refractivity contribution is 9.10. The highest BCUT2D eigenvalue weighted by Crippen LogP contribution is 2.34. The van der Waals surface area contributed by atoms with Crippen molar-refractivity contribution in [3.05, 3.63) is 28.0 Å². The molecule has 1 aromatic carbocycles. The van der Waals surface area contributed by atoms with Crippen molar-refractivity contribution in [3.8, 4) is 5.75 Å². The smallest absolute Gasteiger partial charge is 0.165 e. The molecule has 0 saturated heterocycles. The number of aromatic hydroxyl groups is 1. The van der Waals surface area contributed by atoms with Gasteiger partial charge in [0, 0.05) is 16.1 Å². The van der Waals surface area contributed by atoms with Crippen LogP contribution in [0.4, 0.5) is 4.39 Å². The molecule has 1 rings (SSSR count). The molecule has 0 aliphatic carbocycles. The molecular weight excluding hydrogens is 249 g/mol. The van der Waals surface area contributed by atoms with Crippen LogP contribution in [0, 0.1) is 5.82 Å². The van der Waals surface area contributed by atoms with E-state index in [1.54, 1.807) is 6.07 Å². The van der Waals surface area contributed by atoms with Crippen LogP contribution in [-0.4, -0.2) is 5.11 Å². The Bertz CT molecular complexity index is 330. The normalized spacial score (nSPS) is 12.9. The number of phenolic OH excluding ortho intramolecular Hbond substituents is 1. The third-order valence-electron chi connectivity index (χ3n) is 2.09. The first-order chi connectivity index (χ1) is 6.57. The number of benzene rings is 1. The summed E-state index contributed by atoms with van der Waals surface area (Å²) in [5, 5.41) is 9.49. The molecule has 1 aromatic rings. The van der Waals surface area contributed by atoms with Gasteiger partial charge in [0.25, 0.3) is 0 Å². The van der Waals surface area contributed by atoms with Crippen molar-refractivity contribution in [3.63, 3.8) is 0 Å². The predicted octanol–water partition coefficient (Wildman–Crippen LogP) is 3.09. The Balaban J connectivity index is 3.11. The minimum absolute atomic E-state index is 0.329. The van der Waals surface area contributed by atoms with Gasteiger partial charge in [-0.2, -0.15) is 0 Å². The zero-order valence-corrected chi connectivity index (χ0v) is 9.51. The number of hydrogen-bond donors (Lipinski definition) is 2. The number of nitrogens with two attached hydrogens (primary N) is 1. The topological polar surface area (TPSA) is 46.2 Å². The molecule has 0 saturated carbocycles. The van der Waals surface area contributed by atoms with E-state index in [1.807, 2.05) is 6.92 Å². The first-order valence-electron chi connectivity index (χ1n) is 4.50. The molecule has 3 N–H and O–H groups in total. The summed E-state index contributed by atoms with van der Waals surface area (Å²) in [5.74, 6) is -0.977. The standard InChI is InChI=1S/C10H13BrFNO/c1-2-3-8(13)9-6(11)4-5-7(12)10(9)14/h4-5,8,14H,2-3,13H2,1H3/t8-/m0/s1. The van der Waals surface area contributed by atoms with Crippen LogP contribution < -0.4 is 5.73 Å². The van der Waals surface area contributed by atoms with E-state index in [0.717, 1.165) is 12.8 Å². The van der Waals surface area contributed by atoms with Crippen LogP contribution in [0.2, 0.25) is 0 Å². The van der Waals surface area contributed by atoms with Crippen molar-refractivity contribution < 1.29 is 9.50 Å². The summed E-state index contributed by atoms with van der Waals surface area (Å²) in [6.45, 7) is 1.99. The van der Waals surface area contributed by atoms with Crippen molar-refractivity contribution in [1.82, 2.24) is 0 Å². The summed E-state index contributed by atoms with van der Waals surface area (Å²) in [7, 11) is 0. The summed E-state index contributed by atoms with van der Waals surface area (Å²) in [4.78, 5) is 0. The molecule has 0 heterocycles. The number of phenols is 1. The molecule has 2 nitrogen and oxygen atoms in total. The van der Waals surface area contributed by atoms with Crippen LogP contribution in [0.5, 0.6) is 5.75 Å². The SMILES string of the molecule is CCC[C@H](N)c1c(Br)ccc(F)c1O. The Morgan fingerprint density at radius 3 is 2.79 bits per heavy atom. The Kier molecular flexibility index (Phi) is 3.89. The number of rotatable bonds is 3. The molecule has 0 aliphatic rings. The van der Waals surface area contributed by atoms with E-state index in [2.05, 4.69) is 15.9 Å². The first-order valence-corrected chi connectivity index (χ1v) is 5.29. The van der Waals surface area contributed by atoms with Gasteiger partial charge >= 0.3 is 0 Å². The average molecular weight is 262 g/mol. The maximum atomic E-state index is 13.0. The lowest BCUT2D eigenvalue weighted by Gasteiger charge is -2.14. The van der Waals surface area contributed by atoms with E-state index in [1.165, 1.54) is 6.07 Å². The van der Waals surface area contributed by atoms with Gasteiger partial charge in [-0.25, -0.2) is 4.39 Å². The molecule has 0 aliphatic heterocycles. The Morgan fingerprint density at radius 1 is 1.57 bits per heavy atom. The maximum Gasteiger partial charge on any atom is 0.165 e. The fourth-order valence-electron chi connectivity index (χ4n) is 1.36. The molecule has 0 amide bonds. The van der Waals surface area contributed by atoms with E-state index in [0.29, 0.717) is 10.0 Å². The van der Waals surface area contributed by atoms with Gasteiger partial charge in [0.05, 0.1) is 0 Å². The highest BCUT2D eigenvalue weighted by atomic mass is 79.9. The third-order valence-corrected chi connectivity index (χ3v) is 2.78. The zero-order chi connectivity index (χ0) is 10.7. The number of hydrogen-bond acceptors (Lipinski definition) is 2. The van der Waals surface area contributed by atoms with Gasteiger partial charge in [-0.1, -0.05) is 29.3 Å². The second-order valence-electron chi connectivity index (χ2n) is 3.19. The van der Waals surface area contributed by atoms with Gasteiger partial charge in [-0.15, -0.1) is 0 Å². The molecule has 78 valence electrons. The first kappa shape index (κ1) is 11.5. The maximum absolute atomic E-state index is 13.0. The number of halogens is 2. The quantitative estimate of drug-likeness (QED) is 0.879. The van der Waals surface area contributed by atoms with E-state index < -0.39 is 5.82 Å². The van der Waals surface area contributed by atoms with Gasteiger partial charge in [0.15, 0.2) is 11.6 Å². The highest BCUT2D eigenvalue weighted by Gasteiger charge is 2.16. The Morgan fingerprint density at radius 2 is 2.21 bits per heavy atom. The molecule has 0 aromatic heterocycles. The summed E-state index contributed by atoms with van der Waals surface area (Å²) in [5.41, 5.74) is 6.27. The van der Waals surface area contributed by atoms with Crippen LogP contribution in [0.1, 0.15) is 31.4 Å². The Labute approximate surface area is 91.1 Å². The van der Waals surface area contributed by atoms with E-state index in [9.17, 15) is 9.50 Å². The minimum atomic E-state index is -0.630. The molecule has 14 heavy (non-hydrogen) atoms. The third kappa shape index (κ3) is 2.25. The molecule has 0 spiro atoms. The zero-order valence-electron chi connectivity index (χ0n) is 7.93. The lowest BCUT2D eigenvalue weighted by atomic mass is 10.0. The molecule has 4 heteroatoms. The van der Waals surface area contributed by atoms with Crippen molar-refractivity contribution >= 4 is 15.9 Å². The van der Waals surface area contributed by atoms with E-state index in [4.69, 9.17) is 5.73 Å². The van der Waals surface area contributed by atoms with E-state index >= 15 is 0 Å². The molecule has 1 atom stereocenters. The molecular formula is C10H13BrFNO. The van der Waals surface area contributed by atoms with Crippen LogP contribution in [0.25, 0.3) is 0 Å². The van der Waals surface area contributed by atoms with Gasteiger partial charge in [0.1, 0.15) is 0 Å². The monoisotopic (exact) mass is 261 g/mol. The van der Waals surface area contributed by atoms with Crippen LogP contribution in [-0.2, 0) is 0 Å². The summed E-state index contributed by atoms with van der Waals surface area (Å²) in [6.07, 6.45) is 1.61. The lowest BCUT2D eigenvalue weighted by molar-refractivity contribution is 0.417. The van der Waals surface area contributed by atoms with Gasteiger partial charge < -0.3 is 10.8 Å². The van der Waals surface area contributed by atoms with Crippen molar-refractivity contribution in [2.45, 2.75) is 25.8 Å². The molecule has 0 bridgehead atoms. The summed E-state index contributed by atoms with van der Waals surface area (Å²) >= 11 is 3.25. The molecule has 0 unspecified atom stereocenters. The van der Waals surface area contributed by atoms with Gasteiger partial charge in [-0.3, -0.25) is 0 Å². The summed E-state index contributed by atoms with van der Waals surface area (Å²) in [6, 6.07) is 2.44. The Hall–Kier alpha value is -0.610. The fourth-order valence-corrected chi connectivity index (χ4v) is 1.98. The van der Waals surface area contributed by atoms with Crippen LogP contribution >= 0.6 is 15.9 Å². The second-order valence-corrected chi connectivity index (χ2v) is 4.04. The van der Waals surface area contributed by atoms with Crippen LogP contribution in [0.3, 0.4) is 0 Å². The second kappa shape index (κ2) is 4.75. The van der Waals surface area contributed by atoms with Gasteiger partial charge in [-0.05, 0) is 18.6 Å². The van der Waals surface area contributed by atoms with Crippen LogP contribution in [0.15, 0.2) is 16.6 Å².